The van der Waals surface area contributed by atoms with Gasteiger partial charge in [-0.25, -0.2) is 9.97 Å². The first-order valence-electron chi connectivity index (χ1n) is 6.75. The molecule has 2 aromatic heterocycles. The van der Waals surface area contributed by atoms with Gasteiger partial charge in [-0.15, -0.1) is 11.3 Å². The predicted octanol–water partition coefficient (Wildman–Crippen LogP) is 2.91. The molecule has 0 bridgehead atoms. The van der Waals surface area contributed by atoms with E-state index in [0.717, 1.165) is 16.3 Å². The Bertz CT molecular complexity index is 620. The van der Waals surface area contributed by atoms with E-state index >= 15 is 0 Å². The van der Waals surface area contributed by atoms with Crippen molar-refractivity contribution < 1.29 is 9.53 Å². The lowest BCUT2D eigenvalue weighted by molar-refractivity contribution is 0.0954. The number of thiazole rings is 1. The molecule has 21 heavy (non-hydrogen) atoms. The van der Waals surface area contributed by atoms with Crippen molar-refractivity contribution in [3.63, 3.8) is 0 Å². The average Bonchev–Trinajstić information content (AvgIpc) is 2.87. The lowest BCUT2D eigenvalue weighted by Gasteiger charge is -2.05. The summed E-state index contributed by atoms with van der Waals surface area (Å²) in [5.41, 5.74) is 1.71. The van der Waals surface area contributed by atoms with Crippen LogP contribution in [-0.4, -0.2) is 23.0 Å². The van der Waals surface area contributed by atoms with Gasteiger partial charge in [0.1, 0.15) is 4.88 Å². The van der Waals surface area contributed by atoms with Crippen LogP contribution in [0.25, 0.3) is 0 Å². The van der Waals surface area contributed by atoms with Gasteiger partial charge in [0.25, 0.3) is 5.91 Å². The molecule has 1 amide bonds. The van der Waals surface area contributed by atoms with E-state index in [1.54, 1.807) is 19.4 Å². The summed E-state index contributed by atoms with van der Waals surface area (Å²) in [5.74, 6) is 0.804. The summed E-state index contributed by atoms with van der Waals surface area (Å²) in [4.78, 5) is 21.4. The molecular weight excluding hydrogens is 286 g/mol. The van der Waals surface area contributed by atoms with E-state index in [1.165, 1.54) is 11.3 Å². The Morgan fingerprint density at radius 3 is 2.71 bits per heavy atom. The summed E-state index contributed by atoms with van der Waals surface area (Å²) >= 11 is 1.46. The van der Waals surface area contributed by atoms with Gasteiger partial charge in [-0.3, -0.25) is 4.79 Å². The summed E-state index contributed by atoms with van der Waals surface area (Å²) in [6.45, 7) is 6.45. The van der Waals surface area contributed by atoms with Crippen molar-refractivity contribution in [2.75, 3.05) is 7.11 Å². The van der Waals surface area contributed by atoms with Crippen molar-refractivity contribution >= 4 is 17.2 Å². The Kier molecular flexibility index (Phi) is 4.90. The Morgan fingerprint density at radius 2 is 2.19 bits per heavy atom. The second kappa shape index (κ2) is 6.67. The number of amides is 1. The number of hydrogen-bond donors (Lipinski definition) is 1. The summed E-state index contributed by atoms with van der Waals surface area (Å²) in [7, 11) is 1.57. The summed E-state index contributed by atoms with van der Waals surface area (Å²) in [6, 6.07) is 3.65. The summed E-state index contributed by atoms with van der Waals surface area (Å²) < 4.78 is 5.00. The number of nitrogens with one attached hydrogen (secondary N) is 1. The molecule has 0 atom stereocenters. The zero-order valence-corrected chi connectivity index (χ0v) is 13.5. The van der Waals surface area contributed by atoms with Crippen LogP contribution in [0.3, 0.4) is 0 Å². The minimum Gasteiger partial charge on any atom is -0.481 e. The van der Waals surface area contributed by atoms with Crippen LogP contribution in [0.4, 0.5) is 0 Å². The van der Waals surface area contributed by atoms with E-state index in [2.05, 4.69) is 29.1 Å². The molecule has 0 spiro atoms. The van der Waals surface area contributed by atoms with Crippen LogP contribution in [-0.2, 0) is 6.54 Å². The molecule has 2 aromatic rings. The fourth-order valence-electron chi connectivity index (χ4n) is 1.77. The first-order chi connectivity index (χ1) is 10.0. The first-order valence-corrected chi connectivity index (χ1v) is 7.57. The van der Waals surface area contributed by atoms with Crippen LogP contribution in [0.5, 0.6) is 5.88 Å². The van der Waals surface area contributed by atoms with Crippen molar-refractivity contribution in [2.45, 2.75) is 33.2 Å². The van der Waals surface area contributed by atoms with E-state index in [9.17, 15) is 4.79 Å². The number of rotatable bonds is 5. The Labute approximate surface area is 128 Å². The second-order valence-electron chi connectivity index (χ2n) is 5.01. The Balaban J connectivity index is 2.01. The molecular formula is C15H19N3O2S. The summed E-state index contributed by atoms with van der Waals surface area (Å²) in [6.07, 6.45) is 1.69. The molecule has 112 valence electrons. The minimum atomic E-state index is -0.0901. The lowest BCUT2D eigenvalue weighted by atomic mass is 10.2. The number of pyridine rings is 1. The minimum absolute atomic E-state index is 0.0901. The molecule has 0 aliphatic carbocycles. The number of methoxy groups -OCH3 is 1. The molecule has 0 saturated heterocycles. The molecule has 0 aliphatic rings. The number of carbonyl (C=O) groups excluding carboxylic acids is 1. The van der Waals surface area contributed by atoms with Crippen molar-refractivity contribution in [2.24, 2.45) is 0 Å². The van der Waals surface area contributed by atoms with Gasteiger partial charge in [0.2, 0.25) is 5.88 Å². The third kappa shape index (κ3) is 3.78. The second-order valence-corrected chi connectivity index (χ2v) is 6.04. The van der Waals surface area contributed by atoms with Gasteiger partial charge < -0.3 is 10.1 Å². The topological polar surface area (TPSA) is 64.1 Å². The van der Waals surface area contributed by atoms with Crippen molar-refractivity contribution in [1.82, 2.24) is 15.3 Å². The average molecular weight is 305 g/mol. The maximum atomic E-state index is 12.2. The highest BCUT2D eigenvalue weighted by molar-refractivity contribution is 7.13. The lowest BCUT2D eigenvalue weighted by Crippen LogP contribution is -2.22. The van der Waals surface area contributed by atoms with E-state index in [0.29, 0.717) is 23.2 Å². The standard InChI is InChI=1S/C15H19N3O2S/c1-9(2)15-18-10(3)13(21-15)14(19)17-8-11-5-6-12(20-4)16-7-11/h5-7,9H,8H2,1-4H3,(H,17,19). The monoisotopic (exact) mass is 305 g/mol. The highest BCUT2D eigenvalue weighted by atomic mass is 32.1. The highest BCUT2D eigenvalue weighted by Gasteiger charge is 2.16. The Hall–Kier alpha value is -1.95. The van der Waals surface area contributed by atoms with Gasteiger partial charge in [-0.2, -0.15) is 0 Å². The molecule has 0 aliphatic heterocycles. The van der Waals surface area contributed by atoms with Crippen LogP contribution in [0.15, 0.2) is 18.3 Å². The predicted molar refractivity (Wildman–Crippen MR) is 82.9 cm³/mol. The van der Waals surface area contributed by atoms with Crippen molar-refractivity contribution in [3.05, 3.63) is 39.5 Å². The van der Waals surface area contributed by atoms with Gasteiger partial charge in [0.05, 0.1) is 17.8 Å². The molecule has 0 saturated carbocycles. The van der Waals surface area contributed by atoms with Gasteiger partial charge in [-0.1, -0.05) is 19.9 Å². The fourth-order valence-corrected chi connectivity index (χ4v) is 2.76. The molecule has 0 fully saturated rings. The maximum absolute atomic E-state index is 12.2. The fraction of sp³-hybridized carbons (Fsp3) is 0.400. The third-order valence-electron chi connectivity index (χ3n) is 2.97. The van der Waals surface area contributed by atoms with E-state index in [4.69, 9.17) is 4.74 Å². The number of nitrogens with zero attached hydrogens (tertiary/aromatic N) is 2. The zero-order valence-electron chi connectivity index (χ0n) is 12.6. The number of aryl methyl sites for hydroxylation is 1. The number of ether oxygens (including phenoxy) is 1. The molecule has 0 unspecified atom stereocenters. The maximum Gasteiger partial charge on any atom is 0.263 e. The first kappa shape index (κ1) is 15.4. The molecule has 2 rings (SSSR count). The third-order valence-corrected chi connectivity index (χ3v) is 4.43. The van der Waals surface area contributed by atoms with Gasteiger partial charge >= 0.3 is 0 Å². The molecule has 0 radical (unpaired) electrons. The molecule has 5 nitrogen and oxygen atoms in total. The van der Waals surface area contributed by atoms with Crippen LogP contribution < -0.4 is 10.1 Å². The van der Waals surface area contributed by atoms with Crippen LogP contribution in [0.2, 0.25) is 0 Å². The normalized spacial score (nSPS) is 10.7. The van der Waals surface area contributed by atoms with Crippen LogP contribution in [0, 0.1) is 6.92 Å². The molecule has 1 N–H and O–H groups in total. The SMILES string of the molecule is COc1ccc(CNC(=O)c2sc(C(C)C)nc2C)cn1. The number of aromatic nitrogens is 2. The zero-order chi connectivity index (χ0) is 15.4. The molecule has 2 heterocycles. The van der Waals surface area contributed by atoms with Crippen molar-refractivity contribution in [1.29, 1.82) is 0 Å². The number of hydrogen-bond acceptors (Lipinski definition) is 5. The largest absolute Gasteiger partial charge is 0.481 e. The Morgan fingerprint density at radius 1 is 1.43 bits per heavy atom. The highest BCUT2D eigenvalue weighted by Crippen LogP contribution is 2.24. The van der Waals surface area contributed by atoms with Crippen LogP contribution >= 0.6 is 11.3 Å². The van der Waals surface area contributed by atoms with Gasteiger partial charge in [0.15, 0.2) is 0 Å². The number of carbonyl (C=O) groups is 1. The van der Waals surface area contributed by atoms with Gasteiger partial charge in [0, 0.05) is 24.7 Å². The quantitative estimate of drug-likeness (QED) is 0.922. The van der Waals surface area contributed by atoms with Crippen LogP contribution in [0.1, 0.15) is 45.7 Å². The van der Waals surface area contributed by atoms with E-state index in [1.807, 2.05) is 13.0 Å². The van der Waals surface area contributed by atoms with E-state index < -0.39 is 0 Å². The molecule has 6 heteroatoms. The van der Waals surface area contributed by atoms with Crippen molar-refractivity contribution in [3.8, 4) is 5.88 Å². The summed E-state index contributed by atoms with van der Waals surface area (Å²) in [5, 5.41) is 3.89. The smallest absolute Gasteiger partial charge is 0.263 e. The van der Waals surface area contributed by atoms with Gasteiger partial charge in [-0.05, 0) is 12.5 Å². The van der Waals surface area contributed by atoms with E-state index in [-0.39, 0.29) is 5.91 Å². The molecule has 0 aromatic carbocycles.